The molecule has 3 aromatic rings. The third-order valence-electron chi connectivity index (χ3n) is 8.90. The quantitative estimate of drug-likeness (QED) is 0.328. The molecule has 2 aromatic carbocycles. The second kappa shape index (κ2) is 11.1. The Hall–Kier alpha value is -4.28. The number of alkyl halides is 2. The molecular formula is C32H37F2N7O2. The van der Waals surface area contributed by atoms with Gasteiger partial charge in [0.25, 0.3) is 6.43 Å². The van der Waals surface area contributed by atoms with Crippen molar-refractivity contribution in [2.75, 3.05) is 32.1 Å². The topological polar surface area (TPSA) is 97.6 Å². The zero-order chi connectivity index (χ0) is 30.6. The summed E-state index contributed by atoms with van der Waals surface area (Å²) in [5, 5.41) is 15.9. The Morgan fingerprint density at radius 1 is 1.12 bits per heavy atom. The van der Waals surface area contributed by atoms with Crippen LogP contribution in [0.15, 0.2) is 30.5 Å². The second-order valence-electron chi connectivity index (χ2n) is 12.0. The maximum absolute atomic E-state index is 14.8. The minimum Gasteiger partial charge on any atom is -0.361 e. The number of amides is 2. The Morgan fingerprint density at radius 2 is 1.91 bits per heavy atom. The molecule has 0 spiro atoms. The highest BCUT2D eigenvalue weighted by Crippen LogP contribution is 2.45. The number of amidine groups is 1. The van der Waals surface area contributed by atoms with E-state index in [4.69, 9.17) is 5.41 Å². The Balaban J connectivity index is 1.49. The Labute approximate surface area is 250 Å². The van der Waals surface area contributed by atoms with Crippen LogP contribution < -0.4 is 10.2 Å². The summed E-state index contributed by atoms with van der Waals surface area (Å²) in [5.74, 6) is 0.218. The van der Waals surface area contributed by atoms with Crippen molar-refractivity contribution < 1.29 is 18.4 Å². The average Bonchev–Trinajstić information content (AvgIpc) is 3.59. The van der Waals surface area contributed by atoms with Gasteiger partial charge >= 0.3 is 0 Å². The SMILES string of the molecule is CC(=O)N1Cc2cc(C3CCNC(=O)C3)cc(N3CCCc4cc(-c5cn(C)nc5C(=N)N(C)C)c(C(F)F)cc43)c2C1. The number of nitrogens with zero attached hydrogens (tertiary/aromatic N) is 5. The molecule has 1 saturated heterocycles. The van der Waals surface area contributed by atoms with Crippen molar-refractivity contribution in [2.24, 2.45) is 7.05 Å². The monoisotopic (exact) mass is 589 g/mol. The van der Waals surface area contributed by atoms with Gasteiger partial charge in [0.1, 0.15) is 11.5 Å². The van der Waals surface area contributed by atoms with Gasteiger partial charge in [0.05, 0.1) is 0 Å². The predicted molar refractivity (Wildman–Crippen MR) is 161 cm³/mol. The summed E-state index contributed by atoms with van der Waals surface area (Å²) in [7, 11) is 5.20. The lowest BCUT2D eigenvalue weighted by molar-refractivity contribution is -0.129. The van der Waals surface area contributed by atoms with Crippen molar-refractivity contribution in [2.45, 2.75) is 58.0 Å². The molecule has 11 heteroatoms. The van der Waals surface area contributed by atoms with E-state index < -0.39 is 6.43 Å². The molecule has 4 heterocycles. The number of fused-ring (bicyclic) bond motifs is 2. The summed E-state index contributed by atoms with van der Waals surface area (Å²) in [5.41, 5.74) is 6.89. The van der Waals surface area contributed by atoms with E-state index in [1.165, 1.54) is 0 Å². The van der Waals surface area contributed by atoms with E-state index in [0.29, 0.717) is 49.4 Å². The first-order chi connectivity index (χ1) is 20.5. The molecule has 0 aliphatic carbocycles. The fourth-order valence-electron chi connectivity index (χ4n) is 6.67. The molecule has 1 atom stereocenters. The van der Waals surface area contributed by atoms with Gasteiger partial charge in [-0.05, 0) is 65.6 Å². The van der Waals surface area contributed by atoms with Gasteiger partial charge < -0.3 is 20.0 Å². The van der Waals surface area contributed by atoms with Crippen LogP contribution in [0.2, 0.25) is 0 Å². The van der Waals surface area contributed by atoms with Crippen LogP contribution in [0.25, 0.3) is 11.1 Å². The number of hydrogen-bond donors (Lipinski definition) is 2. The minimum atomic E-state index is -2.74. The highest BCUT2D eigenvalue weighted by atomic mass is 19.3. The standard InChI is InChI=1S/C32H37F2N7O2/c1-18(42)40-15-22-10-21(19-7-8-36-29(43)13-19)12-28(25(22)17-40)41-9-5-6-20-11-23(24(31(33)34)14-27(20)41)26-16-39(4)37-30(26)32(35)38(2)3/h10-12,14,16,19,31,35H,5-9,13,15,17H2,1-4H3,(H,36,43). The Bertz CT molecular complexity index is 1630. The maximum atomic E-state index is 14.8. The first-order valence-corrected chi connectivity index (χ1v) is 14.7. The van der Waals surface area contributed by atoms with Crippen molar-refractivity contribution in [3.8, 4) is 11.1 Å². The summed E-state index contributed by atoms with van der Waals surface area (Å²) in [4.78, 5) is 30.2. The zero-order valence-electron chi connectivity index (χ0n) is 25.0. The molecule has 43 heavy (non-hydrogen) atoms. The first-order valence-electron chi connectivity index (χ1n) is 14.7. The summed E-state index contributed by atoms with van der Waals surface area (Å²) in [6, 6.07) is 7.71. The number of hydrogen-bond acceptors (Lipinski definition) is 5. The normalized spacial score (nSPS) is 18.0. The molecule has 226 valence electrons. The number of aromatic nitrogens is 2. The van der Waals surface area contributed by atoms with Crippen LogP contribution in [0.5, 0.6) is 0 Å². The molecule has 1 unspecified atom stereocenters. The summed E-state index contributed by atoms with van der Waals surface area (Å²) < 4.78 is 31.2. The number of carbonyl (C=O) groups excluding carboxylic acids is 2. The van der Waals surface area contributed by atoms with Crippen LogP contribution in [0, 0.1) is 5.41 Å². The minimum absolute atomic E-state index is 0.0139. The molecule has 3 aliphatic heterocycles. The molecule has 9 nitrogen and oxygen atoms in total. The van der Waals surface area contributed by atoms with Crippen LogP contribution in [-0.4, -0.2) is 64.4 Å². The number of anilines is 2. The number of aryl methyl sites for hydroxylation is 2. The Morgan fingerprint density at radius 3 is 2.60 bits per heavy atom. The van der Waals surface area contributed by atoms with Gasteiger partial charge in [0.2, 0.25) is 11.8 Å². The van der Waals surface area contributed by atoms with Crippen molar-refractivity contribution in [1.29, 1.82) is 5.41 Å². The number of rotatable bonds is 5. The van der Waals surface area contributed by atoms with E-state index in [0.717, 1.165) is 52.9 Å². The lowest BCUT2D eigenvalue weighted by Gasteiger charge is -2.35. The van der Waals surface area contributed by atoms with Gasteiger partial charge in [-0.1, -0.05) is 6.07 Å². The summed E-state index contributed by atoms with van der Waals surface area (Å²) >= 11 is 0. The molecule has 0 bridgehead atoms. The van der Waals surface area contributed by atoms with E-state index in [9.17, 15) is 18.4 Å². The fourth-order valence-corrected chi connectivity index (χ4v) is 6.67. The number of piperidine rings is 1. The largest absolute Gasteiger partial charge is 0.361 e. The lowest BCUT2D eigenvalue weighted by atomic mass is 9.86. The molecular weight excluding hydrogens is 552 g/mol. The van der Waals surface area contributed by atoms with Crippen molar-refractivity contribution in [1.82, 2.24) is 24.9 Å². The van der Waals surface area contributed by atoms with Gasteiger partial charge in [0.15, 0.2) is 0 Å². The summed E-state index contributed by atoms with van der Waals surface area (Å²) in [6.45, 7) is 3.79. The van der Waals surface area contributed by atoms with E-state index in [-0.39, 0.29) is 29.1 Å². The number of carbonyl (C=O) groups is 2. The molecule has 6 rings (SSSR count). The number of benzene rings is 2. The number of nitrogens with one attached hydrogen (secondary N) is 2. The van der Waals surface area contributed by atoms with Gasteiger partial charge in [-0.25, -0.2) is 8.78 Å². The predicted octanol–water partition coefficient (Wildman–Crippen LogP) is 4.85. The molecule has 1 aromatic heterocycles. The van der Waals surface area contributed by atoms with Crippen LogP contribution in [0.3, 0.4) is 0 Å². The van der Waals surface area contributed by atoms with Gasteiger partial charge in [-0.2, -0.15) is 5.10 Å². The van der Waals surface area contributed by atoms with Gasteiger partial charge in [-0.3, -0.25) is 19.7 Å². The van der Waals surface area contributed by atoms with Crippen LogP contribution in [0.1, 0.15) is 72.0 Å². The van der Waals surface area contributed by atoms with Crippen LogP contribution in [-0.2, 0) is 36.1 Å². The third kappa shape index (κ3) is 5.25. The number of halogens is 2. The van der Waals surface area contributed by atoms with Crippen molar-refractivity contribution in [3.63, 3.8) is 0 Å². The molecule has 3 aliphatic rings. The van der Waals surface area contributed by atoms with E-state index >= 15 is 0 Å². The van der Waals surface area contributed by atoms with Crippen molar-refractivity contribution in [3.05, 3.63) is 64.0 Å². The smallest absolute Gasteiger partial charge is 0.264 e. The first kappa shape index (κ1) is 28.8. The van der Waals surface area contributed by atoms with E-state index in [2.05, 4.69) is 27.4 Å². The van der Waals surface area contributed by atoms with Crippen LogP contribution in [0.4, 0.5) is 20.2 Å². The van der Waals surface area contributed by atoms with Crippen LogP contribution >= 0.6 is 0 Å². The van der Waals surface area contributed by atoms with E-state index in [1.807, 2.05) is 6.07 Å². The highest BCUT2D eigenvalue weighted by Gasteiger charge is 2.32. The maximum Gasteiger partial charge on any atom is 0.264 e. The second-order valence-corrected chi connectivity index (χ2v) is 12.0. The Kier molecular flexibility index (Phi) is 7.43. The highest BCUT2D eigenvalue weighted by molar-refractivity contribution is 6.01. The molecule has 2 amide bonds. The van der Waals surface area contributed by atoms with Crippen molar-refractivity contribution >= 4 is 29.0 Å². The molecule has 2 N–H and O–H groups in total. The molecule has 0 saturated carbocycles. The lowest BCUT2D eigenvalue weighted by Crippen LogP contribution is -2.32. The fraction of sp³-hybridized carbons (Fsp3) is 0.438. The average molecular weight is 590 g/mol. The van der Waals surface area contributed by atoms with E-state index in [1.54, 1.807) is 54.8 Å². The van der Waals surface area contributed by atoms with Gasteiger partial charge in [0, 0.05) is 94.9 Å². The molecule has 1 fully saturated rings. The zero-order valence-corrected chi connectivity index (χ0v) is 25.0. The summed E-state index contributed by atoms with van der Waals surface area (Å²) in [6.07, 6.45) is 1.75. The molecule has 0 radical (unpaired) electrons. The third-order valence-corrected chi connectivity index (χ3v) is 8.90. The van der Waals surface area contributed by atoms with Gasteiger partial charge in [-0.15, -0.1) is 0 Å².